The lowest BCUT2D eigenvalue weighted by molar-refractivity contribution is -0.922. The highest BCUT2D eigenvalue weighted by Gasteiger charge is 2.19. The van der Waals surface area contributed by atoms with Crippen molar-refractivity contribution in [2.75, 3.05) is 44.5 Å². The lowest BCUT2D eigenvalue weighted by Gasteiger charge is -2.23. The normalized spacial score (nSPS) is 14.6. The van der Waals surface area contributed by atoms with E-state index < -0.39 is 5.97 Å². The van der Waals surface area contributed by atoms with Gasteiger partial charge in [-0.2, -0.15) is 0 Å². The van der Waals surface area contributed by atoms with Crippen molar-refractivity contribution in [1.82, 2.24) is 14.8 Å². The zero-order chi connectivity index (χ0) is 20.8. The van der Waals surface area contributed by atoms with Crippen LogP contribution in [-0.2, 0) is 27.9 Å². The number of methoxy groups -OCH3 is 1. The molecular formula is C18H23ClN5O4S+. The number of nitrogens with one attached hydrogen (secondary N) is 2. The molecule has 1 amide bonds. The number of hydrogen-bond acceptors (Lipinski definition) is 7. The maximum atomic E-state index is 12.3. The quantitative estimate of drug-likeness (QED) is 0.475. The Hall–Kier alpha value is -2.14. The van der Waals surface area contributed by atoms with E-state index in [0.29, 0.717) is 10.8 Å². The summed E-state index contributed by atoms with van der Waals surface area (Å²) in [6, 6.07) is 4.66. The topological polar surface area (TPSA) is 99.8 Å². The molecule has 1 aliphatic heterocycles. The third-order valence-electron chi connectivity index (χ3n) is 4.52. The molecule has 1 aromatic carbocycles. The Kier molecular flexibility index (Phi) is 7.48. The average molecular weight is 441 g/mol. The molecule has 2 heterocycles. The molecule has 0 aliphatic carbocycles. The molecular weight excluding hydrogens is 418 g/mol. The van der Waals surface area contributed by atoms with Crippen LogP contribution in [0.2, 0.25) is 5.02 Å². The Morgan fingerprint density at radius 1 is 1.34 bits per heavy atom. The average Bonchev–Trinajstić information content (AvgIpc) is 3.07. The number of aromatic nitrogens is 3. The molecule has 2 aromatic rings. The first-order chi connectivity index (χ1) is 14.0. The van der Waals surface area contributed by atoms with Crippen LogP contribution >= 0.6 is 23.4 Å². The SMILES string of the molecule is COC(=O)c1cc(NC(=O)CSc2nnc(C[NH+]3CCOCC3)n2C)ccc1Cl. The minimum atomic E-state index is -0.561. The molecule has 29 heavy (non-hydrogen) atoms. The minimum Gasteiger partial charge on any atom is -0.465 e. The highest BCUT2D eigenvalue weighted by Crippen LogP contribution is 2.22. The molecule has 0 saturated carbocycles. The maximum absolute atomic E-state index is 12.3. The number of morpholine rings is 1. The van der Waals surface area contributed by atoms with E-state index in [1.165, 1.54) is 29.8 Å². The summed E-state index contributed by atoms with van der Waals surface area (Å²) >= 11 is 7.29. The van der Waals surface area contributed by atoms with Gasteiger partial charge >= 0.3 is 5.97 Å². The van der Waals surface area contributed by atoms with Gasteiger partial charge in [0.2, 0.25) is 5.91 Å². The fourth-order valence-electron chi connectivity index (χ4n) is 2.88. The molecule has 1 saturated heterocycles. The van der Waals surface area contributed by atoms with Crippen LogP contribution in [0.1, 0.15) is 16.2 Å². The van der Waals surface area contributed by atoms with Gasteiger partial charge in [-0.15, -0.1) is 10.2 Å². The first-order valence-electron chi connectivity index (χ1n) is 9.08. The first-order valence-corrected chi connectivity index (χ1v) is 10.4. The van der Waals surface area contributed by atoms with Crippen molar-refractivity contribution in [3.05, 3.63) is 34.6 Å². The zero-order valence-corrected chi connectivity index (χ0v) is 17.8. The summed E-state index contributed by atoms with van der Waals surface area (Å²) in [7, 11) is 3.17. The number of ether oxygens (including phenoxy) is 2. The van der Waals surface area contributed by atoms with Crippen LogP contribution < -0.4 is 10.2 Å². The van der Waals surface area contributed by atoms with Crippen LogP contribution in [0.3, 0.4) is 0 Å². The molecule has 0 unspecified atom stereocenters. The predicted molar refractivity (Wildman–Crippen MR) is 108 cm³/mol. The van der Waals surface area contributed by atoms with Gasteiger partial charge in [-0.3, -0.25) is 4.79 Å². The van der Waals surface area contributed by atoms with Crippen molar-refractivity contribution in [3.8, 4) is 0 Å². The number of rotatable bonds is 7. The van der Waals surface area contributed by atoms with Gasteiger partial charge < -0.3 is 24.3 Å². The fourth-order valence-corrected chi connectivity index (χ4v) is 3.81. The van der Waals surface area contributed by atoms with Gasteiger partial charge in [-0.05, 0) is 18.2 Å². The lowest BCUT2D eigenvalue weighted by atomic mass is 10.2. The van der Waals surface area contributed by atoms with Crippen molar-refractivity contribution in [2.24, 2.45) is 7.05 Å². The Balaban J connectivity index is 1.55. The monoisotopic (exact) mass is 440 g/mol. The van der Waals surface area contributed by atoms with Crippen LogP contribution in [0.25, 0.3) is 0 Å². The van der Waals surface area contributed by atoms with E-state index in [2.05, 4.69) is 20.3 Å². The number of quaternary nitrogens is 1. The number of carbonyl (C=O) groups excluding carboxylic acids is 2. The van der Waals surface area contributed by atoms with Crippen molar-refractivity contribution in [3.63, 3.8) is 0 Å². The van der Waals surface area contributed by atoms with Gasteiger partial charge in [0, 0.05) is 12.7 Å². The van der Waals surface area contributed by atoms with E-state index >= 15 is 0 Å². The van der Waals surface area contributed by atoms with Gasteiger partial charge in [0.1, 0.15) is 19.6 Å². The third kappa shape index (κ3) is 5.69. The smallest absolute Gasteiger partial charge is 0.339 e. The summed E-state index contributed by atoms with van der Waals surface area (Å²) in [5, 5.41) is 12.1. The number of anilines is 1. The molecule has 3 rings (SSSR count). The van der Waals surface area contributed by atoms with E-state index in [0.717, 1.165) is 38.7 Å². The second kappa shape index (κ2) is 10.1. The van der Waals surface area contributed by atoms with Gasteiger partial charge in [0.05, 0.1) is 36.7 Å². The summed E-state index contributed by atoms with van der Waals surface area (Å²) in [6.07, 6.45) is 0. The second-order valence-corrected chi connectivity index (χ2v) is 7.87. The zero-order valence-electron chi connectivity index (χ0n) is 16.2. The number of esters is 1. The molecule has 0 atom stereocenters. The largest absolute Gasteiger partial charge is 0.465 e. The molecule has 9 nitrogen and oxygen atoms in total. The Morgan fingerprint density at radius 3 is 2.83 bits per heavy atom. The summed E-state index contributed by atoms with van der Waals surface area (Å²) in [4.78, 5) is 25.4. The summed E-state index contributed by atoms with van der Waals surface area (Å²) in [6.45, 7) is 4.20. The molecule has 1 aromatic heterocycles. The van der Waals surface area contributed by atoms with E-state index in [4.69, 9.17) is 16.3 Å². The van der Waals surface area contributed by atoms with E-state index in [1.807, 2.05) is 11.6 Å². The van der Waals surface area contributed by atoms with Gasteiger partial charge in [-0.25, -0.2) is 4.79 Å². The molecule has 1 aliphatic rings. The van der Waals surface area contributed by atoms with E-state index in [-0.39, 0.29) is 22.2 Å². The van der Waals surface area contributed by atoms with Crippen molar-refractivity contribution < 1.29 is 24.0 Å². The summed E-state index contributed by atoms with van der Waals surface area (Å²) in [5.41, 5.74) is 0.665. The van der Waals surface area contributed by atoms with E-state index in [9.17, 15) is 9.59 Å². The van der Waals surface area contributed by atoms with Crippen LogP contribution in [-0.4, -0.2) is 65.8 Å². The molecule has 156 valence electrons. The van der Waals surface area contributed by atoms with Gasteiger partial charge in [0.25, 0.3) is 0 Å². The summed E-state index contributed by atoms with van der Waals surface area (Å²) in [5.74, 6) is 0.253. The van der Waals surface area contributed by atoms with Gasteiger partial charge in [-0.1, -0.05) is 23.4 Å². The number of hydrogen-bond donors (Lipinski definition) is 2. The Labute approximate surface area is 177 Å². The Morgan fingerprint density at radius 2 is 2.10 bits per heavy atom. The molecule has 0 spiro atoms. The third-order valence-corrected chi connectivity index (χ3v) is 5.87. The number of carbonyl (C=O) groups is 2. The minimum absolute atomic E-state index is 0.159. The number of amides is 1. The lowest BCUT2D eigenvalue weighted by Crippen LogP contribution is -3.12. The second-order valence-electron chi connectivity index (χ2n) is 6.52. The molecule has 1 fully saturated rings. The number of halogens is 1. The van der Waals surface area contributed by atoms with Crippen LogP contribution in [0.4, 0.5) is 5.69 Å². The van der Waals surface area contributed by atoms with Crippen LogP contribution in [0.15, 0.2) is 23.4 Å². The number of benzene rings is 1. The van der Waals surface area contributed by atoms with Gasteiger partial charge in [0.15, 0.2) is 11.0 Å². The molecule has 2 N–H and O–H groups in total. The highest BCUT2D eigenvalue weighted by atomic mass is 35.5. The molecule has 0 bridgehead atoms. The van der Waals surface area contributed by atoms with Crippen molar-refractivity contribution in [2.45, 2.75) is 11.7 Å². The number of thioether (sulfide) groups is 1. The molecule has 11 heteroatoms. The molecule has 0 radical (unpaired) electrons. The van der Waals surface area contributed by atoms with Crippen LogP contribution in [0.5, 0.6) is 0 Å². The highest BCUT2D eigenvalue weighted by molar-refractivity contribution is 7.99. The van der Waals surface area contributed by atoms with Crippen LogP contribution in [0, 0.1) is 0 Å². The maximum Gasteiger partial charge on any atom is 0.339 e. The predicted octanol–water partition coefficient (Wildman–Crippen LogP) is 0.401. The number of nitrogens with zero attached hydrogens (tertiary/aromatic N) is 3. The standard InChI is InChI=1S/C18H22ClN5O4S/c1-23-15(10-24-5-7-28-8-6-24)21-22-18(23)29-11-16(25)20-12-3-4-14(19)13(9-12)17(26)27-2/h3-4,9H,5-8,10-11H2,1-2H3,(H,20,25)/p+1. The van der Waals surface area contributed by atoms with E-state index in [1.54, 1.807) is 12.1 Å². The Bertz CT molecular complexity index is 885. The first kappa shape index (κ1) is 21.6. The summed E-state index contributed by atoms with van der Waals surface area (Å²) < 4.78 is 12.0. The fraction of sp³-hybridized carbons (Fsp3) is 0.444. The van der Waals surface area contributed by atoms with Crippen molar-refractivity contribution >= 4 is 40.9 Å². The van der Waals surface area contributed by atoms with Crippen molar-refractivity contribution in [1.29, 1.82) is 0 Å².